The average molecular weight is 244 g/mol. The first-order chi connectivity index (χ1) is 8.06. The molecule has 0 saturated heterocycles. The van der Waals surface area contributed by atoms with Gasteiger partial charge in [0, 0.05) is 11.3 Å². The van der Waals surface area contributed by atoms with Gasteiger partial charge in [-0.25, -0.2) is 4.98 Å². The smallest absolute Gasteiger partial charge is 0.139 e. The molecule has 0 saturated carbocycles. The fraction of sp³-hybridized carbons (Fsp3) is 0.286. The van der Waals surface area contributed by atoms with Crippen LogP contribution in [-0.4, -0.2) is 9.97 Å². The lowest BCUT2D eigenvalue weighted by molar-refractivity contribution is 0.815. The molecule has 1 N–H and O–H groups in total. The number of hydrogen-bond donors (Lipinski definition) is 1. The van der Waals surface area contributed by atoms with Crippen LogP contribution >= 0.6 is 12.2 Å². The summed E-state index contributed by atoms with van der Waals surface area (Å²) in [5.74, 6) is 1.27. The highest BCUT2D eigenvalue weighted by Gasteiger charge is 2.04. The predicted molar refractivity (Wildman–Crippen MR) is 73.7 cm³/mol. The van der Waals surface area contributed by atoms with Gasteiger partial charge in [0.25, 0.3) is 0 Å². The molecule has 2 nitrogen and oxygen atoms in total. The first-order valence-electron chi connectivity index (χ1n) is 5.74. The SMILES string of the molecule is Cc1ccc(-c2nc(=S)cc(C(C)C)[nH]2)cc1. The summed E-state index contributed by atoms with van der Waals surface area (Å²) in [5, 5.41) is 0. The third kappa shape index (κ3) is 2.80. The van der Waals surface area contributed by atoms with Crippen molar-refractivity contribution in [3.8, 4) is 11.4 Å². The molecule has 2 rings (SSSR count). The van der Waals surface area contributed by atoms with Gasteiger partial charge in [-0.15, -0.1) is 0 Å². The van der Waals surface area contributed by atoms with E-state index in [0.29, 0.717) is 10.6 Å². The number of rotatable bonds is 2. The lowest BCUT2D eigenvalue weighted by atomic mass is 10.1. The van der Waals surface area contributed by atoms with Crippen LogP contribution < -0.4 is 0 Å². The van der Waals surface area contributed by atoms with E-state index in [2.05, 4.69) is 55.0 Å². The minimum Gasteiger partial charge on any atom is -0.343 e. The Morgan fingerprint density at radius 2 is 1.82 bits per heavy atom. The van der Waals surface area contributed by atoms with E-state index in [1.165, 1.54) is 5.56 Å². The second-order valence-electron chi connectivity index (χ2n) is 4.54. The topological polar surface area (TPSA) is 28.7 Å². The van der Waals surface area contributed by atoms with Gasteiger partial charge >= 0.3 is 0 Å². The quantitative estimate of drug-likeness (QED) is 0.800. The number of aryl methyl sites for hydroxylation is 1. The molecular weight excluding hydrogens is 228 g/mol. The molecule has 0 fully saturated rings. The third-order valence-corrected chi connectivity index (χ3v) is 2.92. The Balaban J connectivity index is 2.52. The standard InChI is InChI=1S/C14H16N2S/c1-9(2)12-8-13(17)16-14(15-12)11-6-4-10(3)5-7-11/h4-9H,1-3H3,(H,15,16,17). The first kappa shape index (κ1) is 12.0. The molecule has 0 atom stereocenters. The van der Waals surface area contributed by atoms with E-state index in [4.69, 9.17) is 12.2 Å². The van der Waals surface area contributed by atoms with Crippen LogP contribution in [0.25, 0.3) is 11.4 Å². The Kier molecular flexibility index (Phi) is 3.38. The molecule has 0 bridgehead atoms. The van der Waals surface area contributed by atoms with Crippen molar-refractivity contribution in [3.63, 3.8) is 0 Å². The maximum atomic E-state index is 5.20. The predicted octanol–water partition coefficient (Wildman–Crippen LogP) is 4.24. The van der Waals surface area contributed by atoms with Crippen LogP contribution in [0, 0.1) is 11.6 Å². The average Bonchev–Trinajstić information content (AvgIpc) is 2.29. The highest BCUT2D eigenvalue weighted by molar-refractivity contribution is 7.71. The zero-order valence-corrected chi connectivity index (χ0v) is 11.1. The molecule has 2 aromatic rings. The van der Waals surface area contributed by atoms with Crippen molar-refractivity contribution in [1.82, 2.24) is 9.97 Å². The van der Waals surface area contributed by atoms with Crippen LogP contribution in [0.4, 0.5) is 0 Å². The fourth-order valence-electron chi connectivity index (χ4n) is 1.64. The number of H-pyrrole nitrogens is 1. The Hall–Kier alpha value is -1.48. The van der Waals surface area contributed by atoms with Crippen LogP contribution in [-0.2, 0) is 0 Å². The summed E-state index contributed by atoms with van der Waals surface area (Å²) in [6.07, 6.45) is 0. The van der Waals surface area contributed by atoms with Gasteiger partial charge in [0.2, 0.25) is 0 Å². The lowest BCUT2D eigenvalue weighted by Gasteiger charge is -2.08. The zero-order chi connectivity index (χ0) is 12.4. The van der Waals surface area contributed by atoms with E-state index < -0.39 is 0 Å². The van der Waals surface area contributed by atoms with Gasteiger partial charge in [0.05, 0.1) is 0 Å². The van der Waals surface area contributed by atoms with Crippen LogP contribution in [0.15, 0.2) is 30.3 Å². The van der Waals surface area contributed by atoms with Gasteiger partial charge < -0.3 is 4.98 Å². The number of aromatic amines is 1. The first-order valence-corrected chi connectivity index (χ1v) is 6.15. The maximum absolute atomic E-state index is 5.20. The van der Waals surface area contributed by atoms with E-state index in [1.807, 2.05) is 6.07 Å². The zero-order valence-electron chi connectivity index (χ0n) is 10.3. The Morgan fingerprint density at radius 3 is 2.41 bits per heavy atom. The third-order valence-electron chi connectivity index (χ3n) is 2.71. The van der Waals surface area contributed by atoms with Gasteiger partial charge in [-0.3, -0.25) is 0 Å². The van der Waals surface area contributed by atoms with Gasteiger partial charge in [-0.05, 0) is 18.9 Å². The van der Waals surface area contributed by atoms with Crippen LogP contribution in [0.3, 0.4) is 0 Å². The van der Waals surface area contributed by atoms with Crippen molar-refractivity contribution >= 4 is 12.2 Å². The molecule has 88 valence electrons. The number of nitrogens with one attached hydrogen (secondary N) is 1. The normalized spacial score (nSPS) is 10.8. The Morgan fingerprint density at radius 1 is 1.18 bits per heavy atom. The second-order valence-corrected chi connectivity index (χ2v) is 4.96. The number of aromatic nitrogens is 2. The summed E-state index contributed by atoms with van der Waals surface area (Å²) in [6.45, 7) is 6.35. The molecule has 3 heteroatoms. The number of nitrogens with zero attached hydrogens (tertiary/aromatic N) is 1. The summed E-state index contributed by atoms with van der Waals surface area (Å²) in [7, 11) is 0. The summed E-state index contributed by atoms with van der Waals surface area (Å²) in [4.78, 5) is 7.72. The van der Waals surface area contributed by atoms with Crippen molar-refractivity contribution < 1.29 is 0 Å². The highest BCUT2D eigenvalue weighted by Crippen LogP contribution is 2.19. The summed E-state index contributed by atoms with van der Waals surface area (Å²) in [5.41, 5.74) is 3.44. The fourth-order valence-corrected chi connectivity index (χ4v) is 1.85. The molecule has 0 amide bonds. The van der Waals surface area contributed by atoms with E-state index in [-0.39, 0.29) is 0 Å². The molecule has 0 aliphatic rings. The minimum atomic E-state index is 0.420. The number of hydrogen-bond acceptors (Lipinski definition) is 2. The lowest BCUT2D eigenvalue weighted by Crippen LogP contribution is -1.97. The van der Waals surface area contributed by atoms with Crippen molar-refractivity contribution in [2.75, 3.05) is 0 Å². The molecule has 1 heterocycles. The molecule has 0 unspecified atom stereocenters. The molecule has 0 spiro atoms. The summed E-state index contributed by atoms with van der Waals surface area (Å²) >= 11 is 5.20. The number of benzene rings is 1. The van der Waals surface area contributed by atoms with Gasteiger partial charge in [-0.2, -0.15) is 0 Å². The van der Waals surface area contributed by atoms with Crippen molar-refractivity contribution in [3.05, 3.63) is 46.2 Å². The largest absolute Gasteiger partial charge is 0.343 e. The van der Waals surface area contributed by atoms with Crippen molar-refractivity contribution in [2.45, 2.75) is 26.7 Å². The molecule has 0 aliphatic heterocycles. The molecule has 17 heavy (non-hydrogen) atoms. The molecular formula is C14H16N2S. The van der Waals surface area contributed by atoms with Gasteiger partial charge in [0.15, 0.2) is 0 Å². The Labute approximate surface area is 107 Å². The highest BCUT2D eigenvalue weighted by atomic mass is 32.1. The van der Waals surface area contributed by atoms with Gasteiger partial charge in [0.1, 0.15) is 10.5 Å². The monoisotopic (exact) mass is 244 g/mol. The van der Waals surface area contributed by atoms with Crippen LogP contribution in [0.1, 0.15) is 31.0 Å². The van der Waals surface area contributed by atoms with Crippen LogP contribution in [0.5, 0.6) is 0 Å². The minimum absolute atomic E-state index is 0.420. The van der Waals surface area contributed by atoms with E-state index in [9.17, 15) is 0 Å². The summed E-state index contributed by atoms with van der Waals surface area (Å²) in [6, 6.07) is 10.2. The summed E-state index contributed by atoms with van der Waals surface area (Å²) < 4.78 is 0.642. The molecule has 0 radical (unpaired) electrons. The Bertz CT molecular complexity index is 568. The van der Waals surface area contributed by atoms with E-state index in [1.54, 1.807) is 0 Å². The van der Waals surface area contributed by atoms with Crippen LogP contribution in [0.2, 0.25) is 0 Å². The van der Waals surface area contributed by atoms with E-state index in [0.717, 1.165) is 17.1 Å². The molecule has 1 aromatic heterocycles. The van der Waals surface area contributed by atoms with E-state index >= 15 is 0 Å². The molecule has 1 aromatic carbocycles. The van der Waals surface area contributed by atoms with Crippen molar-refractivity contribution in [2.24, 2.45) is 0 Å². The maximum Gasteiger partial charge on any atom is 0.139 e. The van der Waals surface area contributed by atoms with Crippen molar-refractivity contribution in [1.29, 1.82) is 0 Å². The second kappa shape index (κ2) is 4.80. The molecule has 0 aliphatic carbocycles. The van der Waals surface area contributed by atoms with Gasteiger partial charge in [-0.1, -0.05) is 55.9 Å².